The molecule has 0 bridgehead atoms. The molecule has 0 amide bonds. The highest BCUT2D eigenvalue weighted by atomic mass is 35.5. The zero-order chi connectivity index (χ0) is 22.1. The highest BCUT2D eigenvalue weighted by Gasteiger charge is 2.18. The fraction of sp³-hybridized carbons (Fsp3) is 0.174. The maximum atomic E-state index is 6.12. The van der Waals surface area contributed by atoms with E-state index in [2.05, 4.69) is 43.6 Å². The molecule has 4 aromatic heterocycles. The third kappa shape index (κ3) is 3.69. The average molecular weight is 446 g/mol. The van der Waals surface area contributed by atoms with Crippen molar-refractivity contribution in [3.63, 3.8) is 0 Å². The van der Waals surface area contributed by atoms with Crippen LogP contribution in [0.15, 0.2) is 60.3 Å². The number of benzene rings is 1. The van der Waals surface area contributed by atoms with Gasteiger partial charge >= 0.3 is 0 Å². The molecule has 160 valence electrons. The topological polar surface area (TPSA) is 82.5 Å². The summed E-state index contributed by atoms with van der Waals surface area (Å²) >= 11 is 6.12. The second kappa shape index (κ2) is 8.39. The van der Waals surface area contributed by atoms with Gasteiger partial charge in [-0.05, 0) is 43.2 Å². The van der Waals surface area contributed by atoms with Gasteiger partial charge < -0.3 is 9.40 Å². The molecule has 0 unspecified atom stereocenters. The molecule has 0 radical (unpaired) electrons. The fourth-order valence-electron chi connectivity index (χ4n) is 3.67. The van der Waals surface area contributed by atoms with Crippen LogP contribution in [0.25, 0.3) is 16.7 Å². The van der Waals surface area contributed by atoms with Crippen LogP contribution in [0.1, 0.15) is 28.2 Å². The van der Waals surface area contributed by atoms with Gasteiger partial charge in [0.05, 0.1) is 11.6 Å². The number of hydrogen-bond donors (Lipinski definition) is 0. The van der Waals surface area contributed by atoms with E-state index in [-0.39, 0.29) is 6.61 Å². The van der Waals surface area contributed by atoms with Crippen molar-refractivity contribution in [3.8, 4) is 0 Å². The van der Waals surface area contributed by atoms with E-state index in [0.29, 0.717) is 17.4 Å². The van der Waals surface area contributed by atoms with Crippen LogP contribution >= 0.6 is 11.6 Å². The molecule has 0 saturated heterocycles. The number of oxime groups is 1. The monoisotopic (exact) mass is 445 g/mol. The minimum absolute atomic E-state index is 0.139. The Hall–Kier alpha value is -3.78. The van der Waals surface area contributed by atoms with Crippen LogP contribution in [0, 0.1) is 13.8 Å². The van der Waals surface area contributed by atoms with Crippen LogP contribution < -0.4 is 0 Å². The van der Waals surface area contributed by atoms with E-state index in [1.807, 2.05) is 30.3 Å². The van der Waals surface area contributed by atoms with Crippen LogP contribution in [0.4, 0.5) is 0 Å². The molecule has 0 aliphatic heterocycles. The lowest BCUT2D eigenvalue weighted by Crippen LogP contribution is -2.03. The number of fused-ring (bicyclic) bond motifs is 3. The molecule has 0 atom stereocenters. The van der Waals surface area contributed by atoms with E-state index in [9.17, 15) is 0 Å². The van der Waals surface area contributed by atoms with Gasteiger partial charge in [-0.15, -0.1) is 5.10 Å². The largest absolute Gasteiger partial charge is 0.387 e. The lowest BCUT2D eigenvalue weighted by molar-refractivity contribution is 0.126. The summed E-state index contributed by atoms with van der Waals surface area (Å²) in [5, 5.41) is 10.1. The molecular formula is C23H20ClN7O. The van der Waals surface area contributed by atoms with Gasteiger partial charge in [-0.3, -0.25) is 4.98 Å². The van der Waals surface area contributed by atoms with Gasteiger partial charge in [-0.1, -0.05) is 35.0 Å². The van der Waals surface area contributed by atoms with E-state index in [1.54, 1.807) is 35.5 Å². The Morgan fingerprint density at radius 3 is 2.72 bits per heavy atom. The van der Waals surface area contributed by atoms with Crippen molar-refractivity contribution in [1.82, 2.24) is 29.1 Å². The minimum Gasteiger partial charge on any atom is -0.387 e. The molecule has 32 heavy (non-hydrogen) atoms. The summed E-state index contributed by atoms with van der Waals surface area (Å²) in [6, 6.07) is 11.4. The van der Waals surface area contributed by atoms with Crippen LogP contribution in [-0.2, 0) is 18.0 Å². The highest BCUT2D eigenvalue weighted by molar-refractivity contribution is 6.33. The summed E-state index contributed by atoms with van der Waals surface area (Å²) in [7, 11) is 0. The Balaban J connectivity index is 1.43. The molecule has 0 saturated carbocycles. The van der Waals surface area contributed by atoms with Gasteiger partial charge in [-0.2, -0.15) is 0 Å². The van der Waals surface area contributed by atoms with Crippen LogP contribution in [0.3, 0.4) is 0 Å². The third-order valence-electron chi connectivity index (χ3n) is 5.45. The highest BCUT2D eigenvalue weighted by Crippen LogP contribution is 2.27. The summed E-state index contributed by atoms with van der Waals surface area (Å²) in [5.74, 6) is 0.523. The van der Waals surface area contributed by atoms with E-state index in [4.69, 9.17) is 16.4 Å². The molecule has 9 heteroatoms. The van der Waals surface area contributed by atoms with Crippen molar-refractivity contribution in [2.24, 2.45) is 5.16 Å². The number of aromatic nitrogens is 6. The molecule has 5 rings (SSSR count). The second-order valence-electron chi connectivity index (χ2n) is 7.42. The van der Waals surface area contributed by atoms with Crippen molar-refractivity contribution >= 4 is 34.5 Å². The molecule has 0 fully saturated rings. The van der Waals surface area contributed by atoms with Crippen molar-refractivity contribution in [2.75, 3.05) is 0 Å². The third-order valence-corrected chi connectivity index (χ3v) is 5.79. The van der Waals surface area contributed by atoms with E-state index in [1.165, 1.54) is 0 Å². The number of rotatable bonds is 6. The summed E-state index contributed by atoms with van der Waals surface area (Å²) in [6.45, 7) is 5.03. The molecule has 0 spiro atoms. The second-order valence-corrected chi connectivity index (χ2v) is 7.83. The molecular weight excluding hydrogens is 426 g/mol. The number of nitrogens with zero attached hydrogens (tertiary/aromatic N) is 7. The van der Waals surface area contributed by atoms with Gasteiger partial charge in [0.25, 0.3) is 0 Å². The Bertz CT molecular complexity index is 1440. The Morgan fingerprint density at radius 1 is 1.09 bits per heavy atom. The normalized spacial score (nSPS) is 11.7. The first-order chi connectivity index (χ1) is 15.6. The van der Waals surface area contributed by atoms with Crippen molar-refractivity contribution in [2.45, 2.75) is 27.0 Å². The lowest BCUT2D eigenvalue weighted by atomic mass is 10.2. The molecule has 0 N–H and O–H groups in total. The SMILES string of the molecule is Cc1c(C)n(Cc2ccncc2)c2ncn3nc(CO/N=C/c4ccccc4Cl)nc3c12. The van der Waals surface area contributed by atoms with Crippen molar-refractivity contribution < 1.29 is 4.84 Å². The first-order valence-electron chi connectivity index (χ1n) is 10.1. The van der Waals surface area contributed by atoms with E-state index in [0.717, 1.165) is 39.1 Å². The van der Waals surface area contributed by atoms with Crippen molar-refractivity contribution in [1.29, 1.82) is 0 Å². The molecule has 8 nitrogen and oxygen atoms in total. The van der Waals surface area contributed by atoms with Crippen LogP contribution in [0.5, 0.6) is 0 Å². The summed E-state index contributed by atoms with van der Waals surface area (Å²) < 4.78 is 3.88. The Kier molecular flexibility index (Phi) is 5.28. The Labute approximate surface area is 189 Å². The average Bonchev–Trinajstić information content (AvgIpc) is 3.33. The summed E-state index contributed by atoms with van der Waals surface area (Å²) in [4.78, 5) is 18.9. The number of halogens is 1. The van der Waals surface area contributed by atoms with Gasteiger partial charge in [0.15, 0.2) is 18.1 Å². The smallest absolute Gasteiger partial charge is 0.192 e. The van der Waals surface area contributed by atoms with Gasteiger partial charge in [0.2, 0.25) is 0 Å². The zero-order valence-corrected chi connectivity index (χ0v) is 18.4. The van der Waals surface area contributed by atoms with Crippen molar-refractivity contribution in [3.05, 3.63) is 88.4 Å². The minimum atomic E-state index is 0.139. The van der Waals surface area contributed by atoms with E-state index >= 15 is 0 Å². The maximum Gasteiger partial charge on any atom is 0.192 e. The van der Waals surface area contributed by atoms with Crippen LogP contribution in [0.2, 0.25) is 5.02 Å². The number of aryl methyl sites for hydroxylation is 1. The summed E-state index contributed by atoms with van der Waals surface area (Å²) in [6.07, 6.45) is 6.86. The summed E-state index contributed by atoms with van der Waals surface area (Å²) in [5.41, 5.74) is 5.84. The Morgan fingerprint density at radius 2 is 1.91 bits per heavy atom. The standard InChI is InChI=1S/C23H20ClN7O/c1-15-16(2)30(12-17-7-9-25-10-8-17)22-21(15)23-28-20(29-31(23)14-26-22)13-32-27-11-18-5-3-4-6-19(18)24/h3-11,14H,12-13H2,1-2H3/b27-11+. The van der Waals surface area contributed by atoms with Crippen LogP contribution in [-0.4, -0.2) is 35.3 Å². The predicted molar refractivity (Wildman–Crippen MR) is 123 cm³/mol. The van der Waals surface area contributed by atoms with Gasteiger partial charge in [-0.25, -0.2) is 14.5 Å². The molecule has 4 heterocycles. The fourth-order valence-corrected chi connectivity index (χ4v) is 3.85. The quantitative estimate of drug-likeness (QED) is 0.287. The first kappa shape index (κ1) is 20.1. The number of hydrogen-bond acceptors (Lipinski definition) is 6. The molecule has 0 aliphatic rings. The first-order valence-corrected chi connectivity index (χ1v) is 10.5. The lowest BCUT2D eigenvalue weighted by Gasteiger charge is -2.07. The molecule has 0 aliphatic carbocycles. The predicted octanol–water partition coefficient (Wildman–Crippen LogP) is 4.34. The maximum absolute atomic E-state index is 6.12. The van der Waals surface area contributed by atoms with Gasteiger partial charge in [0, 0.05) is 35.2 Å². The van der Waals surface area contributed by atoms with E-state index < -0.39 is 0 Å². The zero-order valence-electron chi connectivity index (χ0n) is 17.6. The van der Waals surface area contributed by atoms with Gasteiger partial charge in [0.1, 0.15) is 12.0 Å². The number of pyridine rings is 1. The molecule has 1 aromatic carbocycles. The molecule has 5 aromatic rings.